The first kappa shape index (κ1) is 24.5. The number of aromatic hydroxyl groups is 1. The molecule has 0 bridgehead atoms. The third kappa shape index (κ3) is 4.95. The molecule has 1 aliphatic heterocycles. The molecule has 1 aromatic heterocycles. The maximum Gasteiger partial charge on any atom is 0.273 e. The quantitative estimate of drug-likeness (QED) is 0.306. The maximum absolute atomic E-state index is 13.5. The number of ether oxygens (including phenoxy) is 2. The number of H-pyrrole nitrogens is 1. The summed E-state index contributed by atoms with van der Waals surface area (Å²) in [5.41, 5.74) is 5.10. The molecule has 0 fully saturated rings. The fourth-order valence-corrected chi connectivity index (χ4v) is 4.60. The molecule has 2 aromatic carbocycles. The van der Waals surface area contributed by atoms with Crippen LogP contribution in [0.2, 0.25) is 0 Å². The number of carbonyl (C=O) groups is 1. The summed E-state index contributed by atoms with van der Waals surface area (Å²) in [6.07, 6.45) is 2.53. The Morgan fingerprint density at radius 2 is 2.06 bits per heavy atom. The van der Waals surface area contributed by atoms with Crippen molar-refractivity contribution >= 4 is 5.91 Å². The molecule has 0 saturated carbocycles. The molecule has 3 aromatic rings. The minimum atomic E-state index is -0.377. The van der Waals surface area contributed by atoms with Crippen LogP contribution in [-0.2, 0) is 4.74 Å². The number of benzene rings is 2. The Labute approximate surface area is 206 Å². The summed E-state index contributed by atoms with van der Waals surface area (Å²) in [4.78, 5) is 15.4. The smallest absolute Gasteiger partial charge is 0.273 e. The maximum atomic E-state index is 13.5. The molecule has 184 valence electrons. The van der Waals surface area contributed by atoms with E-state index >= 15 is 0 Å². The van der Waals surface area contributed by atoms with Crippen molar-refractivity contribution in [3.8, 4) is 22.8 Å². The van der Waals surface area contributed by atoms with E-state index in [0.717, 1.165) is 22.3 Å². The molecule has 7 nitrogen and oxygen atoms in total. The van der Waals surface area contributed by atoms with Crippen molar-refractivity contribution in [2.45, 2.75) is 46.3 Å². The van der Waals surface area contributed by atoms with Gasteiger partial charge < -0.3 is 19.5 Å². The van der Waals surface area contributed by atoms with Crippen LogP contribution >= 0.6 is 0 Å². The summed E-state index contributed by atoms with van der Waals surface area (Å²) in [7, 11) is 0. The normalized spacial score (nSPS) is 15.1. The molecular formula is C28H33N3O4. The van der Waals surface area contributed by atoms with Crippen molar-refractivity contribution in [1.29, 1.82) is 0 Å². The van der Waals surface area contributed by atoms with Gasteiger partial charge in [0.25, 0.3) is 5.91 Å². The van der Waals surface area contributed by atoms with Crippen molar-refractivity contribution in [3.05, 3.63) is 77.0 Å². The number of rotatable bonds is 10. The van der Waals surface area contributed by atoms with E-state index in [4.69, 9.17) is 9.47 Å². The van der Waals surface area contributed by atoms with E-state index in [0.29, 0.717) is 48.9 Å². The lowest BCUT2D eigenvalue weighted by Gasteiger charge is -2.27. The molecule has 1 unspecified atom stereocenters. The number of hydrogen-bond acceptors (Lipinski definition) is 5. The fraction of sp³-hybridized carbons (Fsp3) is 0.357. The highest BCUT2D eigenvalue weighted by molar-refractivity contribution is 6.00. The van der Waals surface area contributed by atoms with E-state index < -0.39 is 0 Å². The third-order valence-electron chi connectivity index (χ3n) is 6.10. The van der Waals surface area contributed by atoms with Gasteiger partial charge in [-0.3, -0.25) is 9.89 Å². The summed E-state index contributed by atoms with van der Waals surface area (Å²) < 4.78 is 11.5. The van der Waals surface area contributed by atoms with Crippen LogP contribution in [0.1, 0.15) is 59.1 Å². The zero-order valence-electron chi connectivity index (χ0n) is 20.8. The van der Waals surface area contributed by atoms with Crippen molar-refractivity contribution in [1.82, 2.24) is 15.1 Å². The highest BCUT2D eigenvalue weighted by Gasteiger charge is 2.42. The van der Waals surface area contributed by atoms with Crippen LogP contribution in [0.3, 0.4) is 0 Å². The first-order valence-corrected chi connectivity index (χ1v) is 12.0. The largest absolute Gasteiger partial charge is 0.507 e. The Kier molecular flexibility index (Phi) is 7.26. The number of aryl methyl sites for hydroxylation is 2. The van der Waals surface area contributed by atoms with E-state index in [9.17, 15) is 9.90 Å². The fourth-order valence-electron chi connectivity index (χ4n) is 4.60. The van der Waals surface area contributed by atoms with Gasteiger partial charge in [0.15, 0.2) is 0 Å². The molecule has 0 aliphatic carbocycles. The number of nitrogens with one attached hydrogen (secondary N) is 1. The van der Waals surface area contributed by atoms with Crippen LogP contribution < -0.4 is 4.74 Å². The molecule has 0 spiro atoms. The predicted molar refractivity (Wildman–Crippen MR) is 136 cm³/mol. The second-order valence-corrected chi connectivity index (χ2v) is 9.19. The van der Waals surface area contributed by atoms with Crippen LogP contribution in [0.25, 0.3) is 11.3 Å². The Morgan fingerprint density at radius 3 is 2.80 bits per heavy atom. The van der Waals surface area contributed by atoms with Crippen LogP contribution in [0.5, 0.6) is 11.5 Å². The molecule has 2 N–H and O–H groups in total. The molecule has 0 radical (unpaired) electrons. The van der Waals surface area contributed by atoms with E-state index in [1.165, 1.54) is 0 Å². The van der Waals surface area contributed by atoms with E-state index in [2.05, 4.69) is 16.8 Å². The van der Waals surface area contributed by atoms with Crippen molar-refractivity contribution in [3.63, 3.8) is 0 Å². The minimum Gasteiger partial charge on any atom is -0.507 e. The van der Waals surface area contributed by atoms with Gasteiger partial charge in [-0.15, -0.1) is 0 Å². The molecule has 35 heavy (non-hydrogen) atoms. The Balaban J connectivity index is 1.79. The third-order valence-corrected chi connectivity index (χ3v) is 6.10. The van der Waals surface area contributed by atoms with Crippen molar-refractivity contribution in [2.75, 3.05) is 19.8 Å². The number of hydrogen-bond donors (Lipinski definition) is 2. The number of amides is 1. The minimum absolute atomic E-state index is 0.116. The van der Waals surface area contributed by atoms with E-state index in [1.807, 2.05) is 69.0 Å². The molecule has 7 heteroatoms. The first-order chi connectivity index (χ1) is 16.8. The number of nitrogens with zero attached hydrogens (tertiary/aromatic N) is 2. The Hall–Kier alpha value is -3.58. The zero-order valence-corrected chi connectivity index (χ0v) is 20.8. The zero-order chi connectivity index (χ0) is 25.1. The predicted octanol–water partition coefficient (Wildman–Crippen LogP) is 5.32. The van der Waals surface area contributed by atoms with E-state index in [1.54, 1.807) is 6.08 Å². The van der Waals surface area contributed by atoms with Gasteiger partial charge in [-0.05, 0) is 69.0 Å². The Morgan fingerprint density at radius 1 is 1.26 bits per heavy atom. The molecule has 1 aliphatic rings. The summed E-state index contributed by atoms with van der Waals surface area (Å²) in [6.45, 7) is 13.0. The lowest BCUT2D eigenvalue weighted by molar-refractivity contribution is 0.0601. The van der Waals surface area contributed by atoms with Crippen LogP contribution in [-0.4, -0.2) is 52.0 Å². The second-order valence-electron chi connectivity index (χ2n) is 9.19. The number of carbonyl (C=O) groups excluding carboxylic acids is 1. The molecule has 1 atom stereocenters. The monoisotopic (exact) mass is 475 g/mol. The van der Waals surface area contributed by atoms with Gasteiger partial charge >= 0.3 is 0 Å². The van der Waals surface area contributed by atoms with Crippen molar-refractivity contribution in [2.24, 2.45) is 0 Å². The van der Waals surface area contributed by atoms with Gasteiger partial charge in [-0.25, -0.2) is 0 Å². The highest BCUT2D eigenvalue weighted by atomic mass is 16.5. The first-order valence-electron chi connectivity index (χ1n) is 12.0. The van der Waals surface area contributed by atoms with Gasteiger partial charge in [0.1, 0.15) is 29.5 Å². The number of aromatic amines is 1. The summed E-state index contributed by atoms with van der Waals surface area (Å²) in [6, 6.07) is 11.2. The lowest BCUT2D eigenvalue weighted by Crippen LogP contribution is -2.31. The lowest BCUT2D eigenvalue weighted by atomic mass is 9.94. The van der Waals surface area contributed by atoms with Gasteiger partial charge in [0, 0.05) is 24.3 Å². The summed E-state index contributed by atoms with van der Waals surface area (Å²) in [5, 5.41) is 18.3. The topological polar surface area (TPSA) is 87.7 Å². The molecule has 4 rings (SSSR count). The summed E-state index contributed by atoms with van der Waals surface area (Å²) in [5.74, 6) is 0.753. The second kappa shape index (κ2) is 10.4. The van der Waals surface area contributed by atoms with Crippen LogP contribution in [0, 0.1) is 13.8 Å². The molecule has 2 heterocycles. The standard InChI is InChI=1S/C28H33N3O4/c1-6-12-35-21-10-7-9-20(16-21)26-23-24(22-15-18(4)14-19(5)27(22)32)29-30-25(23)28(33)31(26)11-8-13-34-17(2)3/h6-7,9-10,14-17,26,32H,1,8,11-13H2,2-5H3,(H,29,30). The van der Waals surface area contributed by atoms with Crippen LogP contribution in [0.4, 0.5) is 0 Å². The van der Waals surface area contributed by atoms with Gasteiger partial charge in [-0.1, -0.05) is 30.9 Å². The van der Waals surface area contributed by atoms with Gasteiger partial charge in [0.2, 0.25) is 0 Å². The van der Waals surface area contributed by atoms with Crippen LogP contribution in [0.15, 0.2) is 49.1 Å². The van der Waals surface area contributed by atoms with Gasteiger partial charge in [0.05, 0.1) is 12.1 Å². The number of phenols is 1. The average molecular weight is 476 g/mol. The number of fused-ring (bicyclic) bond motifs is 1. The highest BCUT2D eigenvalue weighted by Crippen LogP contribution is 2.45. The SMILES string of the molecule is C=CCOc1cccc(C2c3c(-c4cc(C)cc(C)c4O)n[nH]c3C(=O)N2CCCOC(C)C)c1. The number of aromatic nitrogens is 2. The van der Waals surface area contributed by atoms with E-state index in [-0.39, 0.29) is 23.8 Å². The molecule has 1 amide bonds. The van der Waals surface area contributed by atoms with Crippen molar-refractivity contribution < 1.29 is 19.4 Å². The molecule has 0 saturated heterocycles. The summed E-state index contributed by atoms with van der Waals surface area (Å²) >= 11 is 0. The van der Waals surface area contributed by atoms with Gasteiger partial charge in [-0.2, -0.15) is 5.10 Å². The number of phenolic OH excluding ortho intramolecular Hbond substituents is 1. The Bertz CT molecular complexity index is 1230. The average Bonchev–Trinajstić information content (AvgIpc) is 3.36. The molecular weight excluding hydrogens is 442 g/mol.